The van der Waals surface area contributed by atoms with Gasteiger partial charge in [0.15, 0.2) is 12.4 Å². The maximum absolute atomic E-state index is 12.6. The summed E-state index contributed by atoms with van der Waals surface area (Å²) in [6, 6.07) is 15.7. The first-order valence-electron chi connectivity index (χ1n) is 12.0. The maximum atomic E-state index is 12.6. The van der Waals surface area contributed by atoms with Crippen molar-refractivity contribution in [3.8, 4) is 5.75 Å². The second kappa shape index (κ2) is 14.2. The SMILES string of the molecule is C=CC(=O)OCCCCOc1ccc(C(=O)OC2=CC(C)=C(OCC(=O)c3ccccc3)C=CC2)cc1. The lowest BCUT2D eigenvalue weighted by atomic mass is 10.1. The molecule has 0 aromatic heterocycles. The molecule has 3 rings (SSSR count). The predicted octanol–water partition coefficient (Wildman–Crippen LogP) is 5.75. The van der Waals surface area contributed by atoms with Crippen LogP contribution in [0.5, 0.6) is 5.75 Å². The molecule has 192 valence electrons. The van der Waals surface area contributed by atoms with Gasteiger partial charge in [0, 0.05) is 18.1 Å². The summed E-state index contributed by atoms with van der Waals surface area (Å²) in [5, 5.41) is 0. The molecule has 0 bridgehead atoms. The molecule has 0 N–H and O–H groups in total. The molecule has 0 atom stereocenters. The van der Waals surface area contributed by atoms with Gasteiger partial charge in [-0.25, -0.2) is 9.59 Å². The number of benzene rings is 2. The first kappa shape index (κ1) is 27.2. The van der Waals surface area contributed by atoms with E-state index in [0.29, 0.717) is 54.5 Å². The van der Waals surface area contributed by atoms with E-state index in [1.807, 2.05) is 31.2 Å². The van der Waals surface area contributed by atoms with Crippen LogP contribution < -0.4 is 4.74 Å². The summed E-state index contributed by atoms with van der Waals surface area (Å²) in [5.41, 5.74) is 1.73. The first-order valence-corrected chi connectivity index (χ1v) is 12.0. The summed E-state index contributed by atoms with van der Waals surface area (Å²) in [4.78, 5) is 35.9. The number of rotatable bonds is 13. The Morgan fingerprint density at radius 2 is 1.65 bits per heavy atom. The van der Waals surface area contributed by atoms with Gasteiger partial charge in [0.1, 0.15) is 17.3 Å². The van der Waals surface area contributed by atoms with Crippen molar-refractivity contribution in [3.63, 3.8) is 0 Å². The average molecular weight is 503 g/mol. The van der Waals surface area contributed by atoms with Gasteiger partial charge in [0.25, 0.3) is 0 Å². The zero-order valence-corrected chi connectivity index (χ0v) is 20.8. The highest BCUT2D eigenvalue weighted by atomic mass is 16.5. The molecule has 0 saturated heterocycles. The van der Waals surface area contributed by atoms with E-state index in [4.69, 9.17) is 18.9 Å². The Hall–Kier alpha value is -4.39. The van der Waals surface area contributed by atoms with Gasteiger partial charge in [0.05, 0.1) is 18.8 Å². The van der Waals surface area contributed by atoms with Gasteiger partial charge in [-0.3, -0.25) is 4.79 Å². The summed E-state index contributed by atoms with van der Waals surface area (Å²) >= 11 is 0. The highest BCUT2D eigenvalue weighted by Gasteiger charge is 2.14. The molecular weight excluding hydrogens is 472 g/mol. The number of carbonyl (C=O) groups excluding carboxylic acids is 3. The van der Waals surface area contributed by atoms with Crippen molar-refractivity contribution in [2.24, 2.45) is 0 Å². The molecule has 2 aromatic rings. The van der Waals surface area contributed by atoms with Crippen molar-refractivity contribution >= 4 is 17.7 Å². The van der Waals surface area contributed by atoms with Crippen molar-refractivity contribution in [1.82, 2.24) is 0 Å². The number of carbonyl (C=O) groups is 3. The molecule has 0 spiro atoms. The highest BCUT2D eigenvalue weighted by Crippen LogP contribution is 2.21. The summed E-state index contributed by atoms with van der Waals surface area (Å²) < 4.78 is 21.9. The molecule has 2 aromatic carbocycles. The second-order valence-corrected chi connectivity index (χ2v) is 8.18. The van der Waals surface area contributed by atoms with Crippen LogP contribution >= 0.6 is 0 Å². The van der Waals surface area contributed by atoms with Gasteiger partial charge in [-0.15, -0.1) is 0 Å². The van der Waals surface area contributed by atoms with Gasteiger partial charge < -0.3 is 18.9 Å². The molecule has 0 saturated carbocycles. The molecule has 0 amide bonds. The molecule has 0 aliphatic heterocycles. The Morgan fingerprint density at radius 1 is 0.919 bits per heavy atom. The van der Waals surface area contributed by atoms with Crippen molar-refractivity contribution in [1.29, 1.82) is 0 Å². The molecule has 0 fully saturated rings. The van der Waals surface area contributed by atoms with Crippen LogP contribution in [0, 0.1) is 0 Å². The van der Waals surface area contributed by atoms with E-state index in [-0.39, 0.29) is 12.4 Å². The Morgan fingerprint density at radius 3 is 2.38 bits per heavy atom. The normalized spacial score (nSPS) is 12.7. The van der Waals surface area contributed by atoms with Crippen LogP contribution in [0.2, 0.25) is 0 Å². The average Bonchev–Trinajstić information content (AvgIpc) is 3.09. The largest absolute Gasteiger partial charge is 0.494 e. The summed E-state index contributed by atoms with van der Waals surface area (Å²) in [6.07, 6.45) is 8.28. The number of Topliss-reactive ketones (excluding diaryl/α,β-unsaturated/α-hetero) is 1. The number of ketones is 1. The summed E-state index contributed by atoms with van der Waals surface area (Å²) in [5.74, 6) is 0.624. The van der Waals surface area contributed by atoms with Gasteiger partial charge >= 0.3 is 11.9 Å². The van der Waals surface area contributed by atoms with E-state index in [0.717, 1.165) is 18.1 Å². The molecule has 0 heterocycles. The van der Waals surface area contributed by atoms with Crippen LogP contribution in [0.3, 0.4) is 0 Å². The molecule has 0 radical (unpaired) electrons. The summed E-state index contributed by atoms with van der Waals surface area (Å²) in [7, 11) is 0. The third kappa shape index (κ3) is 8.96. The van der Waals surface area contributed by atoms with Gasteiger partial charge in [0.2, 0.25) is 0 Å². The lowest BCUT2D eigenvalue weighted by Crippen LogP contribution is -2.09. The fourth-order valence-electron chi connectivity index (χ4n) is 3.36. The highest BCUT2D eigenvalue weighted by molar-refractivity contribution is 5.97. The number of hydrogen-bond acceptors (Lipinski definition) is 7. The minimum absolute atomic E-state index is 0.0822. The number of esters is 2. The molecule has 1 aliphatic carbocycles. The zero-order valence-electron chi connectivity index (χ0n) is 20.8. The minimum atomic E-state index is -0.480. The van der Waals surface area contributed by atoms with Crippen LogP contribution in [-0.4, -0.2) is 37.5 Å². The standard InChI is InChI=1S/C30H30O7/c1-3-29(32)35-19-8-7-18-34-25-16-14-24(15-17-25)30(33)37-26-12-9-13-28(22(2)20-26)36-21-27(31)23-10-5-4-6-11-23/h3-6,9-11,13-17,20H,1,7-8,12,18-19,21H2,2H3. The number of allylic oxidation sites excluding steroid dienone is 4. The second-order valence-electron chi connectivity index (χ2n) is 8.18. The van der Waals surface area contributed by atoms with Gasteiger partial charge in [-0.1, -0.05) is 43.0 Å². The smallest absolute Gasteiger partial charge is 0.343 e. The van der Waals surface area contributed by atoms with E-state index in [1.165, 1.54) is 0 Å². The van der Waals surface area contributed by atoms with Crippen LogP contribution in [0.15, 0.2) is 103 Å². The van der Waals surface area contributed by atoms with E-state index in [1.54, 1.807) is 48.6 Å². The third-order valence-corrected chi connectivity index (χ3v) is 5.34. The van der Waals surface area contributed by atoms with E-state index in [9.17, 15) is 14.4 Å². The quantitative estimate of drug-likeness (QED) is 0.149. The first-order chi connectivity index (χ1) is 18.0. The fourth-order valence-corrected chi connectivity index (χ4v) is 3.36. The molecule has 0 unspecified atom stereocenters. The number of unbranched alkanes of at least 4 members (excludes halogenated alkanes) is 1. The van der Waals surface area contributed by atoms with E-state index < -0.39 is 11.9 Å². The van der Waals surface area contributed by atoms with Gasteiger partial charge in [-0.05, 0) is 61.8 Å². The van der Waals surface area contributed by atoms with E-state index in [2.05, 4.69) is 6.58 Å². The van der Waals surface area contributed by atoms with Crippen molar-refractivity contribution < 1.29 is 33.3 Å². The Balaban J connectivity index is 1.47. The zero-order chi connectivity index (χ0) is 26.5. The van der Waals surface area contributed by atoms with Crippen molar-refractivity contribution in [2.45, 2.75) is 26.2 Å². The van der Waals surface area contributed by atoms with Crippen molar-refractivity contribution in [2.75, 3.05) is 19.8 Å². The Kier molecular flexibility index (Phi) is 10.5. The predicted molar refractivity (Wildman–Crippen MR) is 139 cm³/mol. The molecule has 7 nitrogen and oxygen atoms in total. The van der Waals surface area contributed by atoms with Crippen LogP contribution in [0.1, 0.15) is 46.9 Å². The van der Waals surface area contributed by atoms with Crippen LogP contribution in [0.4, 0.5) is 0 Å². The fraction of sp³-hybridized carbons (Fsp3) is 0.233. The Bertz CT molecular complexity index is 1190. The third-order valence-electron chi connectivity index (χ3n) is 5.34. The molecule has 7 heteroatoms. The lowest BCUT2D eigenvalue weighted by Gasteiger charge is -2.09. The van der Waals surface area contributed by atoms with E-state index >= 15 is 0 Å². The topological polar surface area (TPSA) is 88.1 Å². The molecular formula is C30H30O7. The lowest BCUT2D eigenvalue weighted by molar-refractivity contribution is -0.137. The van der Waals surface area contributed by atoms with Crippen molar-refractivity contribution in [3.05, 3.63) is 114 Å². The minimum Gasteiger partial charge on any atom is -0.494 e. The van der Waals surface area contributed by atoms with Crippen LogP contribution in [-0.2, 0) is 19.0 Å². The molecule has 37 heavy (non-hydrogen) atoms. The van der Waals surface area contributed by atoms with Crippen LogP contribution in [0.25, 0.3) is 0 Å². The Labute approximate surface area is 216 Å². The summed E-state index contributed by atoms with van der Waals surface area (Å²) in [6.45, 7) is 5.87. The molecule has 1 aliphatic rings. The van der Waals surface area contributed by atoms with Gasteiger partial charge in [-0.2, -0.15) is 0 Å². The number of hydrogen-bond donors (Lipinski definition) is 0. The maximum Gasteiger partial charge on any atom is 0.343 e. The number of ether oxygens (including phenoxy) is 4. The monoisotopic (exact) mass is 502 g/mol.